The third-order valence-electron chi connectivity index (χ3n) is 2.22. The van der Waals surface area contributed by atoms with E-state index >= 15 is 0 Å². The fourth-order valence-electron chi connectivity index (χ4n) is 1.16. The highest BCUT2D eigenvalue weighted by Gasteiger charge is 2.24. The molecule has 0 rings (SSSR count). The normalized spacial score (nSPS) is 11.5. The van der Waals surface area contributed by atoms with Crippen LogP contribution in [0.15, 0.2) is 37.0 Å². The molecule has 108 valence electrons. The molecule has 0 spiro atoms. The van der Waals surface area contributed by atoms with E-state index in [0.29, 0.717) is 0 Å². The third kappa shape index (κ3) is 12.9. The Labute approximate surface area is 118 Å². The van der Waals surface area contributed by atoms with E-state index in [1.54, 1.807) is 18.8 Å². The first-order chi connectivity index (χ1) is 9.35. The van der Waals surface area contributed by atoms with Gasteiger partial charge in [-0.2, -0.15) is 0 Å². The first-order valence-corrected chi connectivity index (χ1v) is 7.26. The van der Waals surface area contributed by atoms with Crippen molar-refractivity contribution < 1.29 is 14.0 Å². The molecule has 0 aromatic rings. The van der Waals surface area contributed by atoms with Crippen LogP contribution in [0.4, 0.5) is 0 Å². The zero-order valence-electron chi connectivity index (χ0n) is 12.5. The van der Waals surface area contributed by atoms with E-state index in [-0.39, 0.29) is 0 Å². The van der Waals surface area contributed by atoms with Gasteiger partial charge in [0.05, 0.1) is 18.8 Å². The van der Waals surface area contributed by atoms with Crippen LogP contribution in [-0.2, 0) is 14.0 Å². The number of unbranched alkanes of at least 4 members (excludes halogenated alkanes) is 3. The minimum atomic E-state index is -0.714. The summed E-state index contributed by atoms with van der Waals surface area (Å²) in [6.45, 7) is 6.36. The first-order valence-electron chi connectivity index (χ1n) is 7.26. The number of allylic oxidation sites excluding steroid dienone is 3. The molecule has 0 aliphatic rings. The molecule has 0 amide bonds. The lowest BCUT2D eigenvalue weighted by Crippen LogP contribution is -2.20. The lowest BCUT2D eigenvalue weighted by Gasteiger charge is -2.08. The third-order valence-corrected chi connectivity index (χ3v) is 2.22. The molecule has 0 aliphatic carbocycles. The van der Waals surface area contributed by atoms with Crippen LogP contribution in [0.5, 0.6) is 0 Å². The van der Waals surface area contributed by atoms with Gasteiger partial charge in [-0.05, 0) is 19.3 Å². The van der Waals surface area contributed by atoms with Crippen LogP contribution >= 0.6 is 0 Å². The number of rotatable bonds is 12. The Bertz CT molecular complexity index is 219. The van der Waals surface area contributed by atoms with E-state index in [4.69, 9.17) is 14.0 Å². The van der Waals surface area contributed by atoms with E-state index in [1.807, 2.05) is 18.2 Å². The van der Waals surface area contributed by atoms with Crippen molar-refractivity contribution in [2.24, 2.45) is 0 Å². The molecule has 0 fully saturated rings. The standard InChI is InChI=1S/C15H27BO3/c1-4-7-10-13-17-16(18-14-11-8-5-2)19-15-12-9-6-3/h10-15H,4-9H2,1-3H3/b13-10-,14-11+,15-12+. The summed E-state index contributed by atoms with van der Waals surface area (Å²) in [5.41, 5.74) is 0. The van der Waals surface area contributed by atoms with Crippen LogP contribution in [-0.4, -0.2) is 7.32 Å². The van der Waals surface area contributed by atoms with E-state index in [1.165, 1.54) is 0 Å². The summed E-state index contributed by atoms with van der Waals surface area (Å²) in [7, 11) is -0.714. The molecule has 0 radical (unpaired) electrons. The molecule has 0 aromatic carbocycles. The summed E-state index contributed by atoms with van der Waals surface area (Å²) in [5, 5.41) is 0. The molecule has 0 bridgehead atoms. The highest BCUT2D eigenvalue weighted by molar-refractivity contribution is 6.37. The second kappa shape index (κ2) is 14.7. The Morgan fingerprint density at radius 1 is 0.632 bits per heavy atom. The minimum Gasteiger partial charge on any atom is -0.497 e. The van der Waals surface area contributed by atoms with Crippen molar-refractivity contribution >= 4 is 7.32 Å². The Morgan fingerprint density at radius 3 is 1.21 bits per heavy atom. The summed E-state index contributed by atoms with van der Waals surface area (Å²) in [6, 6.07) is 0. The van der Waals surface area contributed by atoms with Crippen LogP contribution in [0, 0.1) is 0 Å². The molecule has 0 aromatic heterocycles. The van der Waals surface area contributed by atoms with Crippen LogP contribution in [0.2, 0.25) is 0 Å². The number of hydrogen-bond donors (Lipinski definition) is 0. The van der Waals surface area contributed by atoms with Gasteiger partial charge in [0.25, 0.3) is 0 Å². The molecule has 0 unspecified atom stereocenters. The van der Waals surface area contributed by atoms with Crippen molar-refractivity contribution in [2.45, 2.75) is 59.3 Å². The SMILES string of the molecule is CCC/C=C\OB(O/C=C/CCC)O/C=C/CCC. The lowest BCUT2D eigenvalue weighted by atomic mass is 10.2. The fourth-order valence-corrected chi connectivity index (χ4v) is 1.16. The molecule has 0 atom stereocenters. The molecule has 0 N–H and O–H groups in total. The Morgan fingerprint density at radius 2 is 0.947 bits per heavy atom. The van der Waals surface area contributed by atoms with E-state index in [0.717, 1.165) is 38.5 Å². The molecular formula is C15H27BO3. The predicted octanol–water partition coefficient (Wildman–Crippen LogP) is 4.96. The molecule has 0 saturated heterocycles. The van der Waals surface area contributed by atoms with Gasteiger partial charge >= 0.3 is 7.32 Å². The monoisotopic (exact) mass is 266 g/mol. The van der Waals surface area contributed by atoms with E-state index < -0.39 is 7.32 Å². The summed E-state index contributed by atoms with van der Waals surface area (Å²) in [6.07, 6.45) is 17.1. The summed E-state index contributed by atoms with van der Waals surface area (Å²) in [4.78, 5) is 0. The van der Waals surface area contributed by atoms with Gasteiger partial charge in [0.1, 0.15) is 0 Å². The van der Waals surface area contributed by atoms with Crippen molar-refractivity contribution in [1.29, 1.82) is 0 Å². The highest BCUT2D eigenvalue weighted by atomic mass is 16.7. The maximum Gasteiger partial charge on any atom is 0.862 e. The van der Waals surface area contributed by atoms with Crippen molar-refractivity contribution in [3.63, 3.8) is 0 Å². The van der Waals surface area contributed by atoms with Crippen molar-refractivity contribution in [1.82, 2.24) is 0 Å². The highest BCUT2D eigenvalue weighted by Crippen LogP contribution is 2.00. The second-order valence-electron chi connectivity index (χ2n) is 4.18. The molecule has 0 aliphatic heterocycles. The minimum absolute atomic E-state index is 0.714. The van der Waals surface area contributed by atoms with Gasteiger partial charge in [-0.1, -0.05) is 58.3 Å². The van der Waals surface area contributed by atoms with E-state index in [2.05, 4.69) is 20.8 Å². The molecule has 4 heteroatoms. The first kappa shape index (κ1) is 17.7. The predicted molar refractivity (Wildman–Crippen MR) is 81.2 cm³/mol. The van der Waals surface area contributed by atoms with Gasteiger partial charge < -0.3 is 14.0 Å². The molecule has 0 heterocycles. The van der Waals surface area contributed by atoms with Crippen LogP contribution < -0.4 is 0 Å². The van der Waals surface area contributed by atoms with Crippen molar-refractivity contribution in [3.05, 3.63) is 37.0 Å². The average Bonchev–Trinajstić information content (AvgIpc) is 2.43. The smallest absolute Gasteiger partial charge is 0.497 e. The Kier molecular flexibility index (Phi) is 13.7. The van der Waals surface area contributed by atoms with Gasteiger partial charge in [0.15, 0.2) is 0 Å². The topological polar surface area (TPSA) is 27.7 Å². The van der Waals surface area contributed by atoms with Crippen molar-refractivity contribution in [3.8, 4) is 0 Å². The van der Waals surface area contributed by atoms with Gasteiger partial charge in [0, 0.05) is 0 Å². The molecule has 3 nitrogen and oxygen atoms in total. The van der Waals surface area contributed by atoms with Gasteiger partial charge in [0.2, 0.25) is 0 Å². The van der Waals surface area contributed by atoms with Crippen LogP contribution in [0.3, 0.4) is 0 Å². The largest absolute Gasteiger partial charge is 0.862 e. The molecule has 19 heavy (non-hydrogen) atoms. The average molecular weight is 266 g/mol. The molecular weight excluding hydrogens is 239 g/mol. The van der Waals surface area contributed by atoms with Gasteiger partial charge in [-0.3, -0.25) is 0 Å². The Hall–Kier alpha value is -1.32. The quantitative estimate of drug-likeness (QED) is 0.369. The molecule has 0 saturated carbocycles. The maximum absolute atomic E-state index is 5.38. The second-order valence-corrected chi connectivity index (χ2v) is 4.18. The van der Waals surface area contributed by atoms with E-state index in [9.17, 15) is 0 Å². The van der Waals surface area contributed by atoms with Crippen LogP contribution in [0.25, 0.3) is 0 Å². The van der Waals surface area contributed by atoms with Gasteiger partial charge in [-0.15, -0.1) is 0 Å². The Balaban J connectivity index is 4.05. The zero-order valence-corrected chi connectivity index (χ0v) is 12.5. The summed E-state index contributed by atoms with van der Waals surface area (Å²) < 4.78 is 16.1. The van der Waals surface area contributed by atoms with Crippen molar-refractivity contribution in [2.75, 3.05) is 0 Å². The summed E-state index contributed by atoms with van der Waals surface area (Å²) in [5.74, 6) is 0. The van der Waals surface area contributed by atoms with Gasteiger partial charge in [-0.25, -0.2) is 0 Å². The maximum atomic E-state index is 5.38. The fraction of sp³-hybridized carbons (Fsp3) is 0.600. The van der Waals surface area contributed by atoms with Crippen LogP contribution in [0.1, 0.15) is 59.3 Å². The lowest BCUT2D eigenvalue weighted by molar-refractivity contribution is 0.222. The number of hydrogen-bond acceptors (Lipinski definition) is 3. The zero-order chi connectivity index (χ0) is 14.2. The summed E-state index contributed by atoms with van der Waals surface area (Å²) >= 11 is 0.